The minimum absolute atomic E-state index is 0.0531. The maximum absolute atomic E-state index is 11.8. The Bertz CT molecular complexity index is 484. The fourth-order valence-corrected chi connectivity index (χ4v) is 2.39. The van der Waals surface area contributed by atoms with Gasteiger partial charge in [-0.25, -0.2) is 0 Å². The van der Waals surface area contributed by atoms with E-state index in [9.17, 15) is 9.59 Å². The molecule has 0 radical (unpaired) electrons. The summed E-state index contributed by atoms with van der Waals surface area (Å²) in [4.78, 5) is 25.0. The third-order valence-corrected chi connectivity index (χ3v) is 3.56. The number of benzene rings is 1. The Kier molecular flexibility index (Phi) is 5.75. The zero-order valence-electron chi connectivity index (χ0n) is 12.2. The maximum Gasteiger partial charge on any atom is 0.229 e. The summed E-state index contributed by atoms with van der Waals surface area (Å²) in [5.74, 6) is 0.664. The van der Waals surface area contributed by atoms with Crippen molar-refractivity contribution in [2.75, 3.05) is 13.2 Å². The lowest BCUT2D eigenvalue weighted by atomic mass is 10.2. The predicted molar refractivity (Wildman–Crippen MR) is 79.6 cm³/mol. The first-order chi connectivity index (χ1) is 10.2. The second-order valence-electron chi connectivity index (χ2n) is 5.20. The molecule has 5 heteroatoms. The molecular weight excluding hydrogens is 268 g/mol. The summed E-state index contributed by atoms with van der Waals surface area (Å²) in [6.07, 6.45) is 3.22. The number of imide groups is 1. The molecule has 1 fully saturated rings. The normalized spacial score (nSPS) is 16.0. The highest BCUT2D eigenvalue weighted by molar-refractivity contribution is 5.95. The SMILES string of the molecule is NCc1cccc(OCCCN2C(=O)CCCCC2=O)c1. The highest BCUT2D eigenvalue weighted by Gasteiger charge is 2.23. The summed E-state index contributed by atoms with van der Waals surface area (Å²) in [6.45, 7) is 1.40. The van der Waals surface area contributed by atoms with Gasteiger partial charge in [-0.2, -0.15) is 0 Å². The van der Waals surface area contributed by atoms with Crippen LogP contribution in [0.5, 0.6) is 5.75 Å². The molecule has 0 saturated carbocycles. The van der Waals surface area contributed by atoms with E-state index in [1.807, 2.05) is 24.3 Å². The number of nitrogens with zero attached hydrogens (tertiary/aromatic N) is 1. The topological polar surface area (TPSA) is 72.6 Å². The van der Waals surface area contributed by atoms with Crippen molar-refractivity contribution < 1.29 is 14.3 Å². The Morgan fingerprint density at radius 2 is 1.86 bits per heavy atom. The zero-order valence-corrected chi connectivity index (χ0v) is 12.2. The van der Waals surface area contributed by atoms with E-state index < -0.39 is 0 Å². The van der Waals surface area contributed by atoms with Crippen LogP contribution in [0.1, 0.15) is 37.7 Å². The highest BCUT2D eigenvalue weighted by Crippen LogP contribution is 2.15. The van der Waals surface area contributed by atoms with Gasteiger partial charge in [-0.3, -0.25) is 14.5 Å². The maximum atomic E-state index is 11.8. The van der Waals surface area contributed by atoms with Gasteiger partial charge in [-0.05, 0) is 37.0 Å². The fraction of sp³-hybridized carbons (Fsp3) is 0.500. The Morgan fingerprint density at radius 1 is 1.14 bits per heavy atom. The van der Waals surface area contributed by atoms with Crippen molar-refractivity contribution >= 4 is 11.8 Å². The molecule has 0 atom stereocenters. The molecule has 1 aromatic carbocycles. The molecule has 0 bridgehead atoms. The number of amides is 2. The Balaban J connectivity index is 1.78. The van der Waals surface area contributed by atoms with Gasteiger partial charge in [0, 0.05) is 25.9 Å². The van der Waals surface area contributed by atoms with E-state index in [4.69, 9.17) is 10.5 Å². The van der Waals surface area contributed by atoms with Crippen LogP contribution in [0.4, 0.5) is 0 Å². The second-order valence-corrected chi connectivity index (χ2v) is 5.20. The third-order valence-electron chi connectivity index (χ3n) is 3.56. The first-order valence-electron chi connectivity index (χ1n) is 7.45. The second kappa shape index (κ2) is 7.78. The largest absolute Gasteiger partial charge is 0.494 e. The van der Waals surface area contributed by atoms with Crippen LogP contribution in [-0.2, 0) is 16.1 Å². The number of ether oxygens (including phenoxy) is 1. The van der Waals surface area contributed by atoms with Crippen LogP contribution in [0.3, 0.4) is 0 Å². The monoisotopic (exact) mass is 290 g/mol. The molecule has 1 aliphatic heterocycles. The summed E-state index contributed by atoms with van der Waals surface area (Å²) in [5.41, 5.74) is 6.60. The van der Waals surface area contributed by atoms with Crippen molar-refractivity contribution in [3.8, 4) is 5.75 Å². The third kappa shape index (κ3) is 4.56. The molecule has 21 heavy (non-hydrogen) atoms. The molecule has 2 rings (SSSR count). The van der Waals surface area contributed by atoms with Gasteiger partial charge in [0.25, 0.3) is 0 Å². The van der Waals surface area contributed by atoms with Gasteiger partial charge in [0.15, 0.2) is 0 Å². The lowest BCUT2D eigenvalue weighted by Crippen LogP contribution is -2.36. The van der Waals surface area contributed by atoms with Gasteiger partial charge >= 0.3 is 0 Å². The number of hydrogen-bond donors (Lipinski definition) is 1. The van der Waals surface area contributed by atoms with Crippen LogP contribution in [0.15, 0.2) is 24.3 Å². The van der Waals surface area contributed by atoms with Crippen molar-refractivity contribution in [2.45, 2.75) is 38.6 Å². The van der Waals surface area contributed by atoms with Gasteiger partial charge in [-0.15, -0.1) is 0 Å². The van der Waals surface area contributed by atoms with Crippen molar-refractivity contribution in [3.63, 3.8) is 0 Å². The summed E-state index contributed by atoms with van der Waals surface area (Å²) in [7, 11) is 0. The molecule has 114 valence electrons. The molecular formula is C16H22N2O3. The molecule has 1 aromatic rings. The number of carbonyl (C=O) groups is 2. The van der Waals surface area contributed by atoms with Crippen molar-refractivity contribution in [3.05, 3.63) is 29.8 Å². The summed E-state index contributed by atoms with van der Waals surface area (Å²) in [6, 6.07) is 7.63. The highest BCUT2D eigenvalue weighted by atomic mass is 16.5. The van der Waals surface area contributed by atoms with E-state index in [0.29, 0.717) is 39.0 Å². The van der Waals surface area contributed by atoms with Crippen LogP contribution in [-0.4, -0.2) is 29.9 Å². The lowest BCUT2D eigenvalue weighted by molar-refractivity contribution is -0.143. The molecule has 0 aromatic heterocycles. The quantitative estimate of drug-likeness (QED) is 0.641. The molecule has 1 aliphatic rings. The standard InChI is InChI=1S/C16H22N2O3/c17-12-13-5-3-6-14(11-13)21-10-4-9-18-15(19)7-1-2-8-16(18)20/h3,5-6,11H,1-2,4,7-10,12,17H2. The smallest absolute Gasteiger partial charge is 0.229 e. The first-order valence-corrected chi connectivity index (χ1v) is 7.45. The van der Waals surface area contributed by atoms with Crippen molar-refractivity contribution in [1.82, 2.24) is 4.90 Å². The summed E-state index contributed by atoms with van der Waals surface area (Å²) >= 11 is 0. The number of likely N-dealkylation sites (tertiary alicyclic amines) is 1. The first kappa shape index (κ1) is 15.5. The van der Waals surface area contributed by atoms with E-state index in [-0.39, 0.29) is 11.8 Å². The van der Waals surface area contributed by atoms with Gasteiger partial charge in [-0.1, -0.05) is 12.1 Å². The minimum Gasteiger partial charge on any atom is -0.494 e. The van der Waals surface area contributed by atoms with E-state index in [2.05, 4.69) is 0 Å². The minimum atomic E-state index is -0.0531. The molecule has 2 amide bonds. The van der Waals surface area contributed by atoms with Crippen LogP contribution in [0.25, 0.3) is 0 Å². The van der Waals surface area contributed by atoms with Crippen LogP contribution >= 0.6 is 0 Å². The van der Waals surface area contributed by atoms with Gasteiger partial charge in [0.1, 0.15) is 5.75 Å². The Labute approximate surface area is 125 Å². The lowest BCUT2D eigenvalue weighted by Gasteiger charge is -2.18. The van der Waals surface area contributed by atoms with E-state index in [1.165, 1.54) is 4.90 Å². The molecule has 1 saturated heterocycles. The Hall–Kier alpha value is -1.88. The van der Waals surface area contributed by atoms with Gasteiger partial charge in [0.05, 0.1) is 6.61 Å². The number of rotatable bonds is 6. The molecule has 1 heterocycles. The van der Waals surface area contributed by atoms with Gasteiger partial charge < -0.3 is 10.5 Å². The van der Waals surface area contributed by atoms with Crippen LogP contribution in [0.2, 0.25) is 0 Å². The van der Waals surface area contributed by atoms with Crippen molar-refractivity contribution in [1.29, 1.82) is 0 Å². The molecule has 2 N–H and O–H groups in total. The van der Waals surface area contributed by atoms with Crippen molar-refractivity contribution in [2.24, 2.45) is 5.73 Å². The van der Waals surface area contributed by atoms with Crippen LogP contribution in [0, 0.1) is 0 Å². The van der Waals surface area contributed by atoms with E-state index in [1.54, 1.807) is 0 Å². The summed E-state index contributed by atoms with van der Waals surface area (Å²) < 4.78 is 5.64. The fourth-order valence-electron chi connectivity index (χ4n) is 2.39. The van der Waals surface area contributed by atoms with Crippen LogP contribution < -0.4 is 10.5 Å². The number of nitrogens with two attached hydrogens (primary N) is 1. The average Bonchev–Trinajstić information content (AvgIpc) is 2.66. The zero-order chi connectivity index (χ0) is 15.1. The molecule has 0 unspecified atom stereocenters. The Morgan fingerprint density at radius 3 is 2.52 bits per heavy atom. The van der Waals surface area contributed by atoms with E-state index >= 15 is 0 Å². The number of carbonyl (C=O) groups excluding carboxylic acids is 2. The molecule has 5 nitrogen and oxygen atoms in total. The average molecular weight is 290 g/mol. The van der Waals surface area contributed by atoms with Gasteiger partial charge in [0.2, 0.25) is 11.8 Å². The van der Waals surface area contributed by atoms with E-state index in [0.717, 1.165) is 24.2 Å². The summed E-state index contributed by atoms with van der Waals surface area (Å²) in [5, 5.41) is 0. The molecule has 0 aliphatic carbocycles. The molecule has 0 spiro atoms. The predicted octanol–water partition coefficient (Wildman–Crippen LogP) is 1.84. The number of hydrogen-bond acceptors (Lipinski definition) is 4.